The molecule has 1 amide bonds. The van der Waals surface area contributed by atoms with E-state index in [-0.39, 0.29) is 12.3 Å². The highest BCUT2D eigenvalue weighted by Gasteiger charge is 2.20. The van der Waals surface area contributed by atoms with Crippen LogP contribution in [-0.4, -0.2) is 22.2 Å². The SMILES string of the molecule is O=C(Nc1cc(-c2cccnc2)cc(F)c1C(=O)O)OCc1ccccc1. The molecule has 0 aliphatic carbocycles. The lowest BCUT2D eigenvalue weighted by Crippen LogP contribution is -2.17. The first-order valence-corrected chi connectivity index (χ1v) is 7.99. The fourth-order valence-electron chi connectivity index (χ4n) is 2.49. The van der Waals surface area contributed by atoms with Crippen molar-refractivity contribution < 1.29 is 23.8 Å². The highest BCUT2D eigenvalue weighted by atomic mass is 19.1. The van der Waals surface area contributed by atoms with Gasteiger partial charge in [-0.3, -0.25) is 10.3 Å². The van der Waals surface area contributed by atoms with Gasteiger partial charge in [-0.15, -0.1) is 0 Å². The second-order valence-corrected chi connectivity index (χ2v) is 5.61. The number of benzene rings is 2. The minimum absolute atomic E-state index is 0.000143. The Morgan fingerprint density at radius 3 is 2.52 bits per heavy atom. The van der Waals surface area contributed by atoms with Gasteiger partial charge in [-0.25, -0.2) is 14.0 Å². The Balaban J connectivity index is 1.85. The molecule has 0 spiro atoms. The molecule has 0 saturated heterocycles. The number of halogens is 1. The molecule has 2 aromatic carbocycles. The summed E-state index contributed by atoms with van der Waals surface area (Å²) < 4.78 is 19.4. The second kappa shape index (κ2) is 8.09. The first-order valence-electron chi connectivity index (χ1n) is 7.99. The normalized spacial score (nSPS) is 10.3. The summed E-state index contributed by atoms with van der Waals surface area (Å²) in [5, 5.41) is 11.6. The Morgan fingerprint density at radius 2 is 1.85 bits per heavy atom. The van der Waals surface area contributed by atoms with Gasteiger partial charge in [0, 0.05) is 18.0 Å². The molecule has 1 heterocycles. The van der Waals surface area contributed by atoms with Gasteiger partial charge in [0.2, 0.25) is 0 Å². The summed E-state index contributed by atoms with van der Waals surface area (Å²) in [5.74, 6) is -2.47. The maximum absolute atomic E-state index is 14.4. The Bertz CT molecular complexity index is 962. The number of carbonyl (C=O) groups excluding carboxylic acids is 1. The summed E-state index contributed by atoms with van der Waals surface area (Å²) >= 11 is 0. The molecule has 6 nitrogen and oxygen atoms in total. The van der Waals surface area contributed by atoms with Crippen molar-refractivity contribution in [3.63, 3.8) is 0 Å². The smallest absolute Gasteiger partial charge is 0.411 e. The fourth-order valence-corrected chi connectivity index (χ4v) is 2.49. The Kier molecular flexibility index (Phi) is 5.41. The number of nitrogens with zero attached hydrogens (tertiary/aromatic N) is 1. The summed E-state index contributed by atoms with van der Waals surface area (Å²) in [6, 6.07) is 14.8. The van der Waals surface area contributed by atoms with Crippen molar-refractivity contribution in [3.05, 3.63) is 83.9 Å². The van der Waals surface area contributed by atoms with Gasteiger partial charge in [-0.2, -0.15) is 0 Å². The molecule has 136 valence electrons. The number of aromatic carboxylic acids is 1. The van der Waals surface area contributed by atoms with Crippen LogP contribution in [0.2, 0.25) is 0 Å². The summed E-state index contributed by atoms with van der Waals surface area (Å²) in [6.45, 7) is -0.000143. The predicted octanol–water partition coefficient (Wildman–Crippen LogP) is 4.33. The van der Waals surface area contributed by atoms with Crippen LogP contribution in [0.3, 0.4) is 0 Å². The predicted molar refractivity (Wildman–Crippen MR) is 96.8 cm³/mol. The number of hydrogen-bond donors (Lipinski definition) is 2. The van der Waals surface area contributed by atoms with Crippen LogP contribution in [0.4, 0.5) is 14.9 Å². The molecule has 7 heteroatoms. The van der Waals surface area contributed by atoms with E-state index in [0.717, 1.165) is 11.6 Å². The van der Waals surface area contributed by atoms with Crippen molar-refractivity contribution in [2.45, 2.75) is 6.61 Å². The van der Waals surface area contributed by atoms with E-state index < -0.39 is 23.4 Å². The number of carboxylic acids is 1. The molecule has 0 saturated carbocycles. The van der Waals surface area contributed by atoms with Gasteiger partial charge >= 0.3 is 12.1 Å². The lowest BCUT2D eigenvalue weighted by atomic mass is 10.0. The van der Waals surface area contributed by atoms with Crippen LogP contribution >= 0.6 is 0 Å². The largest absolute Gasteiger partial charge is 0.478 e. The van der Waals surface area contributed by atoms with Gasteiger partial charge in [0.15, 0.2) is 0 Å². The monoisotopic (exact) mass is 366 g/mol. The highest BCUT2D eigenvalue weighted by Crippen LogP contribution is 2.28. The molecule has 0 bridgehead atoms. The molecule has 0 radical (unpaired) electrons. The lowest BCUT2D eigenvalue weighted by Gasteiger charge is -2.12. The number of nitrogens with one attached hydrogen (secondary N) is 1. The van der Waals surface area contributed by atoms with Gasteiger partial charge in [0.1, 0.15) is 18.0 Å². The molecular formula is C20H15FN2O4. The average molecular weight is 366 g/mol. The van der Waals surface area contributed by atoms with E-state index in [1.165, 1.54) is 12.3 Å². The van der Waals surface area contributed by atoms with Crippen LogP contribution in [0.25, 0.3) is 11.1 Å². The molecule has 0 unspecified atom stereocenters. The van der Waals surface area contributed by atoms with E-state index in [4.69, 9.17) is 4.74 Å². The molecule has 0 fully saturated rings. The van der Waals surface area contributed by atoms with E-state index in [0.29, 0.717) is 11.1 Å². The molecule has 3 rings (SSSR count). The zero-order valence-electron chi connectivity index (χ0n) is 14.1. The van der Waals surface area contributed by atoms with Gasteiger partial charge in [0.05, 0.1) is 5.69 Å². The number of hydrogen-bond acceptors (Lipinski definition) is 4. The minimum atomic E-state index is -1.50. The van der Waals surface area contributed by atoms with Crippen molar-refractivity contribution in [3.8, 4) is 11.1 Å². The topological polar surface area (TPSA) is 88.5 Å². The first kappa shape index (κ1) is 18.1. The summed E-state index contributed by atoms with van der Waals surface area (Å²) in [6.07, 6.45) is 2.18. The van der Waals surface area contributed by atoms with Gasteiger partial charge in [-0.1, -0.05) is 36.4 Å². The lowest BCUT2D eigenvalue weighted by molar-refractivity contribution is 0.0693. The van der Waals surface area contributed by atoms with Crippen molar-refractivity contribution in [1.29, 1.82) is 0 Å². The number of pyridine rings is 1. The fraction of sp³-hybridized carbons (Fsp3) is 0.0500. The third kappa shape index (κ3) is 4.46. The highest BCUT2D eigenvalue weighted by molar-refractivity contribution is 6.00. The molecule has 2 N–H and O–H groups in total. The van der Waals surface area contributed by atoms with Crippen LogP contribution in [0.1, 0.15) is 15.9 Å². The molecular weight excluding hydrogens is 351 g/mol. The average Bonchev–Trinajstić information content (AvgIpc) is 2.67. The van der Waals surface area contributed by atoms with Crippen LogP contribution in [0.5, 0.6) is 0 Å². The third-order valence-electron chi connectivity index (χ3n) is 3.75. The standard InChI is InChI=1S/C20H15FN2O4/c21-16-9-15(14-7-4-8-22-11-14)10-17(18(16)19(24)25)23-20(26)27-12-13-5-2-1-3-6-13/h1-11H,12H2,(H,23,26)(H,24,25). The number of amides is 1. The summed E-state index contributed by atoms with van der Waals surface area (Å²) in [4.78, 5) is 27.4. The number of carboxylic acid groups (broad SMARTS) is 1. The number of rotatable bonds is 5. The molecule has 0 atom stereocenters. The van der Waals surface area contributed by atoms with E-state index in [9.17, 15) is 19.1 Å². The number of ether oxygens (including phenoxy) is 1. The maximum Gasteiger partial charge on any atom is 0.411 e. The van der Waals surface area contributed by atoms with Crippen LogP contribution in [-0.2, 0) is 11.3 Å². The van der Waals surface area contributed by atoms with E-state index in [1.54, 1.807) is 42.6 Å². The van der Waals surface area contributed by atoms with Crippen LogP contribution in [0.15, 0.2) is 67.0 Å². The molecule has 1 aromatic heterocycles. The van der Waals surface area contributed by atoms with Crippen molar-refractivity contribution >= 4 is 17.7 Å². The Hall–Kier alpha value is -3.74. The summed E-state index contributed by atoms with van der Waals surface area (Å²) in [7, 11) is 0. The van der Waals surface area contributed by atoms with Crippen molar-refractivity contribution in [2.75, 3.05) is 5.32 Å². The number of anilines is 1. The Labute approximate surface area is 154 Å². The zero-order valence-corrected chi connectivity index (χ0v) is 14.1. The quantitative estimate of drug-likeness (QED) is 0.701. The molecule has 3 aromatic rings. The third-order valence-corrected chi connectivity index (χ3v) is 3.75. The van der Waals surface area contributed by atoms with E-state index in [1.807, 2.05) is 6.07 Å². The van der Waals surface area contributed by atoms with E-state index >= 15 is 0 Å². The molecule has 0 aliphatic rings. The first-order chi connectivity index (χ1) is 13.0. The van der Waals surface area contributed by atoms with Crippen LogP contribution in [0, 0.1) is 5.82 Å². The van der Waals surface area contributed by atoms with Crippen molar-refractivity contribution in [1.82, 2.24) is 4.98 Å². The van der Waals surface area contributed by atoms with E-state index in [2.05, 4.69) is 10.3 Å². The summed E-state index contributed by atoms with van der Waals surface area (Å²) in [5.41, 5.74) is 0.887. The number of carbonyl (C=O) groups is 2. The van der Waals surface area contributed by atoms with Gasteiger partial charge in [0.25, 0.3) is 0 Å². The van der Waals surface area contributed by atoms with Crippen molar-refractivity contribution in [2.24, 2.45) is 0 Å². The maximum atomic E-state index is 14.4. The molecule has 0 aliphatic heterocycles. The number of aromatic nitrogens is 1. The van der Waals surface area contributed by atoms with Gasteiger partial charge in [-0.05, 0) is 29.3 Å². The zero-order chi connectivity index (χ0) is 19.2. The minimum Gasteiger partial charge on any atom is -0.478 e. The second-order valence-electron chi connectivity index (χ2n) is 5.61. The van der Waals surface area contributed by atoms with Gasteiger partial charge < -0.3 is 9.84 Å². The molecule has 27 heavy (non-hydrogen) atoms. The van der Waals surface area contributed by atoms with Crippen LogP contribution < -0.4 is 5.32 Å². The Morgan fingerprint density at radius 1 is 1.07 bits per heavy atom.